The molecule has 1 fully saturated rings. The van der Waals surface area contributed by atoms with E-state index in [1.807, 2.05) is 0 Å². The first-order valence-corrected chi connectivity index (χ1v) is 5.92. The quantitative estimate of drug-likeness (QED) is 0.909. The van der Waals surface area contributed by atoms with Crippen molar-refractivity contribution in [2.75, 3.05) is 18.0 Å². The van der Waals surface area contributed by atoms with Crippen molar-refractivity contribution in [1.29, 1.82) is 0 Å². The number of carbonyl (C=O) groups is 1. The molecule has 0 atom stereocenters. The minimum absolute atomic E-state index is 0.239. The highest BCUT2D eigenvalue weighted by molar-refractivity contribution is 9.10. The van der Waals surface area contributed by atoms with Gasteiger partial charge in [0.2, 0.25) is 0 Å². The monoisotopic (exact) mass is 323 g/mol. The summed E-state index contributed by atoms with van der Waals surface area (Å²) < 4.78 is 38.1. The Kier molecular flexibility index (Phi) is 3.27. The van der Waals surface area contributed by atoms with Crippen molar-refractivity contribution in [3.8, 4) is 0 Å². The molecule has 98 valence electrons. The van der Waals surface area contributed by atoms with Gasteiger partial charge < -0.3 is 10.0 Å². The van der Waals surface area contributed by atoms with Gasteiger partial charge in [0, 0.05) is 23.2 Å². The van der Waals surface area contributed by atoms with Crippen molar-refractivity contribution in [2.24, 2.45) is 5.92 Å². The second kappa shape index (κ2) is 4.46. The third-order valence-electron chi connectivity index (χ3n) is 2.81. The van der Waals surface area contributed by atoms with Gasteiger partial charge in [0.25, 0.3) is 0 Å². The van der Waals surface area contributed by atoms with Crippen molar-refractivity contribution < 1.29 is 23.1 Å². The van der Waals surface area contributed by atoms with Crippen molar-refractivity contribution in [1.82, 2.24) is 0 Å². The number of carboxylic acid groups (broad SMARTS) is 1. The van der Waals surface area contributed by atoms with Crippen LogP contribution in [0.1, 0.15) is 5.56 Å². The normalized spacial score (nSPS) is 16.6. The van der Waals surface area contributed by atoms with Gasteiger partial charge in [-0.1, -0.05) is 15.9 Å². The highest BCUT2D eigenvalue weighted by atomic mass is 79.9. The number of anilines is 1. The minimum atomic E-state index is -4.41. The van der Waals surface area contributed by atoms with Crippen molar-refractivity contribution in [3.63, 3.8) is 0 Å². The molecular formula is C11H9BrF3NO2. The maximum atomic E-state index is 12.6. The summed E-state index contributed by atoms with van der Waals surface area (Å²) in [6.07, 6.45) is -4.41. The molecular weight excluding hydrogens is 315 g/mol. The molecule has 0 aromatic heterocycles. The van der Waals surface area contributed by atoms with E-state index < -0.39 is 23.6 Å². The lowest BCUT2D eigenvalue weighted by atomic mass is 9.99. The average Bonchev–Trinajstić information content (AvgIpc) is 2.11. The van der Waals surface area contributed by atoms with Crippen LogP contribution in [0.5, 0.6) is 0 Å². The molecule has 1 N–H and O–H groups in total. The zero-order valence-corrected chi connectivity index (χ0v) is 10.6. The zero-order chi connectivity index (χ0) is 13.5. The number of rotatable bonds is 2. The Morgan fingerprint density at radius 3 is 2.44 bits per heavy atom. The second-order valence-electron chi connectivity index (χ2n) is 4.14. The van der Waals surface area contributed by atoms with E-state index in [1.54, 1.807) is 11.0 Å². The van der Waals surface area contributed by atoms with Gasteiger partial charge in [-0.15, -0.1) is 0 Å². The van der Waals surface area contributed by atoms with Crippen LogP contribution >= 0.6 is 15.9 Å². The van der Waals surface area contributed by atoms with Gasteiger partial charge in [0.1, 0.15) is 0 Å². The number of aliphatic carboxylic acids is 1. The number of alkyl halides is 3. The van der Waals surface area contributed by atoms with E-state index in [4.69, 9.17) is 5.11 Å². The highest BCUT2D eigenvalue weighted by Crippen LogP contribution is 2.36. The second-order valence-corrected chi connectivity index (χ2v) is 5.05. The van der Waals surface area contributed by atoms with E-state index in [0.717, 1.165) is 12.1 Å². The Morgan fingerprint density at radius 1 is 1.33 bits per heavy atom. The molecule has 1 aromatic rings. The SMILES string of the molecule is O=C(O)C1CN(c2cc(Br)cc(C(F)(F)F)c2)C1. The molecule has 1 saturated heterocycles. The Bertz CT molecular complexity index is 484. The number of hydrogen-bond acceptors (Lipinski definition) is 2. The number of benzene rings is 1. The fourth-order valence-electron chi connectivity index (χ4n) is 1.77. The summed E-state index contributed by atoms with van der Waals surface area (Å²) >= 11 is 3.03. The topological polar surface area (TPSA) is 40.5 Å². The van der Waals surface area contributed by atoms with Gasteiger partial charge in [-0.3, -0.25) is 4.79 Å². The van der Waals surface area contributed by atoms with E-state index in [9.17, 15) is 18.0 Å². The number of hydrogen-bond donors (Lipinski definition) is 1. The third-order valence-corrected chi connectivity index (χ3v) is 3.26. The van der Waals surface area contributed by atoms with E-state index in [0.29, 0.717) is 10.2 Å². The summed E-state index contributed by atoms with van der Waals surface area (Å²) in [5.74, 6) is -1.42. The molecule has 3 nitrogen and oxygen atoms in total. The molecule has 1 aromatic carbocycles. The number of carboxylic acids is 1. The van der Waals surface area contributed by atoms with Crippen molar-refractivity contribution in [3.05, 3.63) is 28.2 Å². The largest absolute Gasteiger partial charge is 0.481 e. The van der Waals surface area contributed by atoms with Crippen LogP contribution in [0.2, 0.25) is 0 Å². The molecule has 0 radical (unpaired) electrons. The Hall–Kier alpha value is -1.24. The summed E-state index contributed by atoms with van der Waals surface area (Å²) in [6.45, 7) is 0.478. The maximum Gasteiger partial charge on any atom is 0.416 e. The smallest absolute Gasteiger partial charge is 0.416 e. The molecule has 1 aliphatic heterocycles. The summed E-state index contributed by atoms with van der Waals surface area (Å²) in [6, 6.07) is 3.58. The lowest BCUT2D eigenvalue weighted by Crippen LogP contribution is -2.50. The first-order valence-electron chi connectivity index (χ1n) is 5.13. The highest BCUT2D eigenvalue weighted by Gasteiger charge is 2.35. The molecule has 7 heteroatoms. The van der Waals surface area contributed by atoms with Crippen molar-refractivity contribution >= 4 is 27.6 Å². The van der Waals surface area contributed by atoms with E-state index in [2.05, 4.69) is 15.9 Å². The predicted octanol–water partition coefficient (Wildman–Crippen LogP) is 2.99. The molecule has 0 aliphatic carbocycles. The molecule has 2 rings (SSSR count). The van der Waals surface area contributed by atoms with Crippen LogP contribution in [0.25, 0.3) is 0 Å². The summed E-state index contributed by atoms with van der Waals surface area (Å²) in [4.78, 5) is 12.2. The number of nitrogens with zero attached hydrogens (tertiary/aromatic N) is 1. The zero-order valence-electron chi connectivity index (χ0n) is 9.04. The minimum Gasteiger partial charge on any atom is -0.481 e. The summed E-state index contributed by atoms with van der Waals surface area (Å²) in [7, 11) is 0. The van der Waals surface area contributed by atoms with Crippen LogP contribution in [0.3, 0.4) is 0 Å². The molecule has 0 amide bonds. The maximum absolute atomic E-state index is 12.6. The fraction of sp³-hybridized carbons (Fsp3) is 0.364. The van der Waals surface area contributed by atoms with Gasteiger partial charge in [-0.25, -0.2) is 0 Å². The van der Waals surface area contributed by atoms with Gasteiger partial charge in [-0.2, -0.15) is 13.2 Å². The van der Waals surface area contributed by atoms with Crippen LogP contribution in [-0.2, 0) is 11.0 Å². The van der Waals surface area contributed by atoms with Gasteiger partial charge >= 0.3 is 12.1 Å². The molecule has 0 saturated carbocycles. The van der Waals surface area contributed by atoms with E-state index in [1.165, 1.54) is 0 Å². The van der Waals surface area contributed by atoms with Crippen LogP contribution in [0.15, 0.2) is 22.7 Å². The first kappa shape index (κ1) is 13.2. The first-order chi connectivity index (χ1) is 8.27. The van der Waals surface area contributed by atoms with Crippen LogP contribution in [0, 0.1) is 5.92 Å². The van der Waals surface area contributed by atoms with Crippen LogP contribution < -0.4 is 4.90 Å². The molecule has 0 unspecified atom stereocenters. The third kappa shape index (κ3) is 2.60. The van der Waals surface area contributed by atoms with E-state index >= 15 is 0 Å². The lowest BCUT2D eigenvalue weighted by Gasteiger charge is -2.38. The molecule has 0 bridgehead atoms. The van der Waals surface area contributed by atoms with Crippen molar-refractivity contribution in [2.45, 2.75) is 6.18 Å². The van der Waals surface area contributed by atoms with Gasteiger partial charge in [-0.05, 0) is 18.2 Å². The Balaban J connectivity index is 2.20. The molecule has 18 heavy (non-hydrogen) atoms. The van der Waals surface area contributed by atoms with E-state index in [-0.39, 0.29) is 13.1 Å². The van der Waals surface area contributed by atoms with Crippen LogP contribution in [-0.4, -0.2) is 24.2 Å². The van der Waals surface area contributed by atoms with Gasteiger partial charge in [0.05, 0.1) is 11.5 Å². The predicted molar refractivity (Wildman–Crippen MR) is 62.5 cm³/mol. The summed E-state index contributed by atoms with van der Waals surface area (Å²) in [5.41, 5.74) is -0.361. The average molecular weight is 324 g/mol. The Morgan fingerprint density at radius 2 is 1.94 bits per heavy atom. The molecule has 0 spiro atoms. The summed E-state index contributed by atoms with van der Waals surface area (Å²) in [5, 5.41) is 8.72. The Labute approximate surface area is 109 Å². The number of halogens is 4. The van der Waals surface area contributed by atoms with Gasteiger partial charge in [0.15, 0.2) is 0 Å². The fourth-order valence-corrected chi connectivity index (χ4v) is 2.25. The van der Waals surface area contributed by atoms with Crippen LogP contribution in [0.4, 0.5) is 18.9 Å². The lowest BCUT2D eigenvalue weighted by molar-refractivity contribution is -0.142. The standard InChI is InChI=1S/C11H9BrF3NO2/c12-8-1-7(11(13,14)15)2-9(3-8)16-4-6(5-16)10(17)18/h1-3,6H,4-5H2,(H,17,18). The molecule has 1 aliphatic rings. The molecule has 1 heterocycles.